The number of nitrogens with one attached hydrogen (secondary N) is 1. The Hall–Kier alpha value is -1.88. The number of hydrogen-bond donors (Lipinski definition) is 2. The molecule has 0 aromatic heterocycles. The van der Waals surface area contributed by atoms with Gasteiger partial charge in [0, 0.05) is 19.1 Å². The maximum absolute atomic E-state index is 12.4. The van der Waals surface area contributed by atoms with Crippen LogP contribution in [0.1, 0.15) is 55.3 Å². The molecule has 0 unspecified atom stereocenters. The predicted molar refractivity (Wildman–Crippen MR) is 98.0 cm³/mol. The van der Waals surface area contributed by atoms with Crippen molar-refractivity contribution in [3.8, 4) is 0 Å². The van der Waals surface area contributed by atoms with E-state index in [0.29, 0.717) is 13.1 Å². The highest BCUT2D eigenvalue weighted by atomic mass is 16.2. The summed E-state index contributed by atoms with van der Waals surface area (Å²) in [6, 6.07) is 6.84. The molecule has 2 amide bonds. The van der Waals surface area contributed by atoms with E-state index in [9.17, 15) is 9.59 Å². The Balaban J connectivity index is 1.54. The van der Waals surface area contributed by atoms with E-state index >= 15 is 0 Å². The summed E-state index contributed by atoms with van der Waals surface area (Å²) in [5.41, 5.74) is 9.57. The minimum Gasteiger partial charge on any atom is -0.369 e. The molecule has 1 aliphatic carbocycles. The van der Waals surface area contributed by atoms with Crippen molar-refractivity contribution >= 4 is 11.8 Å². The number of amides is 2. The zero-order chi connectivity index (χ0) is 17.8. The molecule has 1 aromatic rings. The number of rotatable bonds is 5. The summed E-state index contributed by atoms with van der Waals surface area (Å²) in [5, 5.41) is 3.34. The third kappa shape index (κ3) is 4.40. The molecule has 1 fully saturated rings. The number of nitrogens with zero attached hydrogens (tertiary/aromatic N) is 1. The number of benzene rings is 1. The quantitative estimate of drug-likeness (QED) is 0.858. The van der Waals surface area contributed by atoms with Crippen LogP contribution >= 0.6 is 0 Å². The minimum absolute atomic E-state index is 0.0516. The average molecular weight is 343 g/mol. The molecule has 1 heterocycles. The summed E-state index contributed by atoms with van der Waals surface area (Å²) in [4.78, 5) is 25.6. The van der Waals surface area contributed by atoms with Gasteiger partial charge in [-0.3, -0.25) is 9.59 Å². The van der Waals surface area contributed by atoms with Crippen LogP contribution in [-0.2, 0) is 22.4 Å². The lowest BCUT2D eigenvalue weighted by Crippen LogP contribution is -2.47. The molecule has 0 radical (unpaired) electrons. The predicted octanol–water partition coefficient (Wildman–Crippen LogP) is 1.94. The Morgan fingerprint density at radius 3 is 2.76 bits per heavy atom. The SMILES string of the molecule is C[C@@H](NCC(=O)N1CCC[C@@H](C(N)=O)C1)c1ccc2c(c1)CCCC2. The monoisotopic (exact) mass is 343 g/mol. The highest BCUT2D eigenvalue weighted by molar-refractivity contribution is 5.81. The number of carbonyl (C=O) groups is 2. The van der Waals surface area contributed by atoms with Gasteiger partial charge in [-0.05, 0) is 62.1 Å². The summed E-state index contributed by atoms with van der Waals surface area (Å²) >= 11 is 0. The molecule has 1 aromatic carbocycles. The van der Waals surface area contributed by atoms with Crippen LogP contribution in [0.3, 0.4) is 0 Å². The molecule has 1 saturated heterocycles. The first-order valence-corrected chi connectivity index (χ1v) is 9.47. The van der Waals surface area contributed by atoms with E-state index < -0.39 is 0 Å². The maximum atomic E-state index is 12.4. The van der Waals surface area contributed by atoms with Crippen molar-refractivity contribution in [3.63, 3.8) is 0 Å². The fourth-order valence-electron chi connectivity index (χ4n) is 3.93. The third-order valence-electron chi connectivity index (χ3n) is 5.61. The normalized spacial score (nSPS) is 21.5. The van der Waals surface area contributed by atoms with E-state index in [1.165, 1.54) is 36.0 Å². The smallest absolute Gasteiger partial charge is 0.236 e. The van der Waals surface area contributed by atoms with Gasteiger partial charge in [0.15, 0.2) is 0 Å². The molecule has 0 bridgehead atoms. The van der Waals surface area contributed by atoms with Crippen LogP contribution in [0.25, 0.3) is 0 Å². The van der Waals surface area contributed by atoms with Crippen LogP contribution in [0.4, 0.5) is 0 Å². The number of fused-ring (bicyclic) bond motifs is 1. The molecule has 136 valence electrons. The molecule has 3 rings (SSSR count). The second-order valence-electron chi connectivity index (χ2n) is 7.42. The van der Waals surface area contributed by atoms with Gasteiger partial charge in [0.25, 0.3) is 0 Å². The second-order valence-corrected chi connectivity index (χ2v) is 7.42. The molecule has 2 aliphatic rings. The topological polar surface area (TPSA) is 75.4 Å². The van der Waals surface area contributed by atoms with Crippen LogP contribution in [0.2, 0.25) is 0 Å². The number of aryl methyl sites for hydroxylation is 2. The van der Waals surface area contributed by atoms with Crippen LogP contribution in [0.15, 0.2) is 18.2 Å². The largest absolute Gasteiger partial charge is 0.369 e. The highest BCUT2D eigenvalue weighted by Gasteiger charge is 2.26. The van der Waals surface area contributed by atoms with E-state index in [4.69, 9.17) is 5.73 Å². The molecular formula is C20H29N3O2. The van der Waals surface area contributed by atoms with Gasteiger partial charge in [0.05, 0.1) is 12.5 Å². The third-order valence-corrected chi connectivity index (χ3v) is 5.61. The van der Waals surface area contributed by atoms with Gasteiger partial charge in [-0.2, -0.15) is 0 Å². The van der Waals surface area contributed by atoms with Gasteiger partial charge in [-0.15, -0.1) is 0 Å². The Bertz CT molecular complexity index is 644. The zero-order valence-corrected chi connectivity index (χ0v) is 15.1. The van der Waals surface area contributed by atoms with E-state index in [0.717, 1.165) is 25.8 Å². The molecule has 5 nitrogen and oxygen atoms in total. The van der Waals surface area contributed by atoms with Crippen LogP contribution in [0.5, 0.6) is 0 Å². The molecule has 5 heteroatoms. The molecule has 1 aliphatic heterocycles. The lowest BCUT2D eigenvalue weighted by atomic mass is 9.89. The van der Waals surface area contributed by atoms with Crippen LogP contribution < -0.4 is 11.1 Å². The van der Waals surface area contributed by atoms with Gasteiger partial charge in [-0.25, -0.2) is 0 Å². The van der Waals surface area contributed by atoms with Crippen molar-refractivity contribution in [1.29, 1.82) is 0 Å². The van der Waals surface area contributed by atoms with Gasteiger partial charge in [0.2, 0.25) is 11.8 Å². The molecule has 0 saturated carbocycles. The first-order valence-electron chi connectivity index (χ1n) is 9.47. The van der Waals surface area contributed by atoms with Gasteiger partial charge in [0.1, 0.15) is 0 Å². The first kappa shape index (κ1) is 17.9. The van der Waals surface area contributed by atoms with Crippen molar-refractivity contribution in [2.45, 2.75) is 51.5 Å². The van der Waals surface area contributed by atoms with Crippen molar-refractivity contribution in [1.82, 2.24) is 10.2 Å². The second kappa shape index (κ2) is 8.00. The lowest BCUT2D eigenvalue weighted by Gasteiger charge is -2.31. The Morgan fingerprint density at radius 2 is 2.00 bits per heavy atom. The molecular weight excluding hydrogens is 314 g/mol. The summed E-state index contributed by atoms with van der Waals surface area (Å²) in [5.74, 6) is -0.445. The van der Waals surface area contributed by atoms with Crippen LogP contribution in [-0.4, -0.2) is 36.3 Å². The summed E-state index contributed by atoms with van der Waals surface area (Å²) in [6.07, 6.45) is 6.55. The van der Waals surface area contributed by atoms with Gasteiger partial charge in [-0.1, -0.05) is 18.2 Å². The van der Waals surface area contributed by atoms with E-state index in [2.05, 4.69) is 30.4 Å². The maximum Gasteiger partial charge on any atom is 0.236 e. The Morgan fingerprint density at radius 1 is 1.24 bits per heavy atom. The number of nitrogens with two attached hydrogens (primary N) is 1. The summed E-state index contributed by atoms with van der Waals surface area (Å²) in [7, 11) is 0. The summed E-state index contributed by atoms with van der Waals surface area (Å²) < 4.78 is 0. The number of piperidine rings is 1. The Labute approximate surface area is 150 Å². The van der Waals surface area contributed by atoms with Crippen molar-refractivity contribution in [2.24, 2.45) is 11.7 Å². The number of hydrogen-bond acceptors (Lipinski definition) is 3. The van der Waals surface area contributed by atoms with E-state index in [1.54, 1.807) is 4.90 Å². The van der Waals surface area contributed by atoms with Crippen molar-refractivity contribution < 1.29 is 9.59 Å². The highest BCUT2D eigenvalue weighted by Crippen LogP contribution is 2.24. The number of likely N-dealkylation sites (tertiary alicyclic amines) is 1. The van der Waals surface area contributed by atoms with Crippen LogP contribution in [0, 0.1) is 5.92 Å². The van der Waals surface area contributed by atoms with Gasteiger partial charge < -0.3 is 16.0 Å². The minimum atomic E-state index is -0.298. The fourth-order valence-corrected chi connectivity index (χ4v) is 3.93. The molecule has 0 spiro atoms. The fraction of sp³-hybridized carbons (Fsp3) is 0.600. The molecule has 2 atom stereocenters. The lowest BCUT2D eigenvalue weighted by molar-refractivity contribution is -0.134. The molecule has 3 N–H and O–H groups in total. The summed E-state index contributed by atoms with van der Waals surface area (Å²) in [6.45, 7) is 3.57. The molecule has 25 heavy (non-hydrogen) atoms. The van der Waals surface area contributed by atoms with Crippen molar-refractivity contribution in [2.75, 3.05) is 19.6 Å². The van der Waals surface area contributed by atoms with Gasteiger partial charge >= 0.3 is 0 Å². The first-order chi connectivity index (χ1) is 12.0. The zero-order valence-electron chi connectivity index (χ0n) is 15.1. The van der Waals surface area contributed by atoms with Crippen molar-refractivity contribution in [3.05, 3.63) is 34.9 Å². The van der Waals surface area contributed by atoms with E-state index in [-0.39, 0.29) is 23.8 Å². The number of carbonyl (C=O) groups excluding carboxylic acids is 2. The average Bonchev–Trinajstić information content (AvgIpc) is 2.65. The Kier molecular flexibility index (Phi) is 5.74. The standard InChI is InChI=1S/C20H29N3O2/c1-14(16-9-8-15-5-2-3-6-17(15)11-16)22-12-19(24)23-10-4-7-18(13-23)20(21)25/h8-9,11,14,18,22H,2-7,10,12-13H2,1H3,(H2,21,25)/t14-,18-/m1/s1. The van der Waals surface area contributed by atoms with E-state index in [1.807, 2.05) is 0 Å². The number of primary amides is 1.